The van der Waals surface area contributed by atoms with Gasteiger partial charge in [0.2, 0.25) is 0 Å². The molecule has 0 spiro atoms. The van der Waals surface area contributed by atoms with Crippen LogP contribution in [-0.4, -0.2) is 29.1 Å². The van der Waals surface area contributed by atoms with Crippen LogP contribution in [0.2, 0.25) is 0 Å². The maximum atomic E-state index is 12.7. The van der Waals surface area contributed by atoms with E-state index in [1.807, 2.05) is 36.4 Å². The van der Waals surface area contributed by atoms with Gasteiger partial charge in [0, 0.05) is 0 Å². The van der Waals surface area contributed by atoms with Gasteiger partial charge in [0.15, 0.2) is 5.92 Å². The van der Waals surface area contributed by atoms with Crippen LogP contribution in [-0.2, 0) is 37.1 Å². The number of nitrogens with two attached hydrogens (primary N) is 1. The van der Waals surface area contributed by atoms with Crippen LogP contribution in [0.15, 0.2) is 60.7 Å². The van der Waals surface area contributed by atoms with Gasteiger partial charge in [0.1, 0.15) is 19.3 Å². The minimum absolute atomic E-state index is 0.000156. The highest BCUT2D eigenvalue weighted by molar-refractivity contribution is 5.95. The molecule has 7 nitrogen and oxygen atoms in total. The molecule has 0 bridgehead atoms. The van der Waals surface area contributed by atoms with Crippen LogP contribution in [0.4, 0.5) is 0 Å². The van der Waals surface area contributed by atoms with Gasteiger partial charge in [-0.1, -0.05) is 67.6 Å². The Morgan fingerprint density at radius 1 is 0.862 bits per heavy atom. The minimum Gasteiger partial charge on any atom is -0.480 e. The summed E-state index contributed by atoms with van der Waals surface area (Å²) in [6.07, 6.45) is -0.0686. The van der Waals surface area contributed by atoms with Gasteiger partial charge in [0.05, 0.1) is 0 Å². The zero-order valence-electron chi connectivity index (χ0n) is 16.2. The summed E-state index contributed by atoms with van der Waals surface area (Å²) in [5.74, 6) is -4.68. The molecule has 0 aromatic heterocycles. The first-order chi connectivity index (χ1) is 13.9. The summed E-state index contributed by atoms with van der Waals surface area (Å²) in [5, 5.41) is 9.04. The number of esters is 2. The lowest BCUT2D eigenvalue weighted by Gasteiger charge is -2.22. The van der Waals surface area contributed by atoms with E-state index in [1.165, 1.54) is 0 Å². The molecule has 0 heterocycles. The van der Waals surface area contributed by atoms with Crippen LogP contribution in [0, 0.1) is 11.8 Å². The molecular formula is C22H25NO6. The summed E-state index contributed by atoms with van der Waals surface area (Å²) >= 11 is 0. The normalized spacial score (nSPS) is 12.8. The van der Waals surface area contributed by atoms with Gasteiger partial charge in [-0.05, 0) is 23.5 Å². The van der Waals surface area contributed by atoms with Crippen molar-refractivity contribution in [2.45, 2.75) is 32.6 Å². The number of ether oxygens (including phenoxy) is 2. The van der Waals surface area contributed by atoms with Crippen LogP contribution in [0.5, 0.6) is 0 Å². The Morgan fingerprint density at radius 2 is 1.28 bits per heavy atom. The Hall–Kier alpha value is -3.19. The highest BCUT2D eigenvalue weighted by Gasteiger charge is 2.37. The number of hydrogen-bond donors (Lipinski definition) is 2. The zero-order valence-corrected chi connectivity index (χ0v) is 16.2. The van der Waals surface area contributed by atoms with Crippen molar-refractivity contribution < 1.29 is 29.0 Å². The molecule has 0 radical (unpaired) electrons. The molecule has 29 heavy (non-hydrogen) atoms. The smallest absolute Gasteiger partial charge is 0.320 e. The van der Waals surface area contributed by atoms with E-state index in [4.69, 9.17) is 20.3 Å². The predicted molar refractivity (Wildman–Crippen MR) is 105 cm³/mol. The average molecular weight is 399 g/mol. The summed E-state index contributed by atoms with van der Waals surface area (Å²) < 4.78 is 10.6. The van der Waals surface area contributed by atoms with Crippen molar-refractivity contribution in [3.8, 4) is 0 Å². The minimum atomic E-state index is -1.27. The number of aliphatic carboxylic acids is 1. The molecule has 2 rings (SSSR count). The molecule has 0 fully saturated rings. The molecule has 0 aliphatic rings. The van der Waals surface area contributed by atoms with Gasteiger partial charge in [-0.25, -0.2) is 0 Å². The second-order valence-corrected chi connectivity index (χ2v) is 6.82. The quantitative estimate of drug-likeness (QED) is 0.466. The predicted octanol–water partition coefficient (Wildman–Crippen LogP) is 2.53. The first-order valence-electron chi connectivity index (χ1n) is 9.28. The van der Waals surface area contributed by atoms with Crippen LogP contribution in [0.3, 0.4) is 0 Å². The van der Waals surface area contributed by atoms with Crippen molar-refractivity contribution in [1.82, 2.24) is 0 Å². The van der Waals surface area contributed by atoms with E-state index in [0.29, 0.717) is 0 Å². The summed E-state index contributed by atoms with van der Waals surface area (Å²) in [7, 11) is 0. The number of carbonyl (C=O) groups is 3. The molecule has 0 saturated heterocycles. The van der Waals surface area contributed by atoms with Crippen molar-refractivity contribution in [1.29, 1.82) is 0 Å². The molecule has 0 amide bonds. The van der Waals surface area contributed by atoms with E-state index >= 15 is 0 Å². The summed E-state index contributed by atoms with van der Waals surface area (Å²) in [6, 6.07) is 16.9. The number of rotatable bonds is 10. The molecule has 3 N–H and O–H groups in total. The first-order valence-corrected chi connectivity index (χ1v) is 9.28. The number of hydrogen-bond acceptors (Lipinski definition) is 6. The fourth-order valence-electron chi connectivity index (χ4n) is 2.84. The molecule has 1 unspecified atom stereocenters. The second-order valence-electron chi connectivity index (χ2n) is 6.82. The topological polar surface area (TPSA) is 116 Å². The highest BCUT2D eigenvalue weighted by Crippen LogP contribution is 2.22. The van der Waals surface area contributed by atoms with Crippen LogP contribution in [0.25, 0.3) is 0 Å². The molecule has 0 aliphatic heterocycles. The van der Waals surface area contributed by atoms with Crippen molar-refractivity contribution in [2.75, 3.05) is 0 Å². The van der Waals surface area contributed by atoms with E-state index in [1.54, 1.807) is 31.2 Å². The van der Waals surface area contributed by atoms with Crippen LogP contribution >= 0.6 is 0 Å². The standard InChI is InChI=1S/C22H25NO6/c1-15(12-18(23)20(24)25)19(21(26)28-13-16-8-4-2-5-9-16)22(27)29-14-17-10-6-3-7-11-17/h2-11,15,18-19H,12-14,23H2,1H3,(H,24,25)/t15?,18-/m0/s1. The van der Waals surface area contributed by atoms with E-state index in [0.717, 1.165) is 11.1 Å². The van der Waals surface area contributed by atoms with Crippen molar-refractivity contribution in [2.24, 2.45) is 17.6 Å². The van der Waals surface area contributed by atoms with Gasteiger partial charge < -0.3 is 20.3 Å². The Bertz CT molecular complexity index is 753. The number of benzene rings is 2. The van der Waals surface area contributed by atoms with E-state index in [2.05, 4.69) is 0 Å². The van der Waals surface area contributed by atoms with Crippen LogP contribution < -0.4 is 5.73 Å². The first kappa shape index (κ1) is 22.1. The molecule has 2 aromatic carbocycles. The molecular weight excluding hydrogens is 374 g/mol. The molecule has 7 heteroatoms. The van der Waals surface area contributed by atoms with E-state index in [-0.39, 0.29) is 19.6 Å². The zero-order chi connectivity index (χ0) is 21.2. The average Bonchev–Trinajstić information content (AvgIpc) is 2.72. The third kappa shape index (κ3) is 7.04. The molecule has 154 valence electrons. The number of carboxylic acids is 1. The van der Waals surface area contributed by atoms with Gasteiger partial charge in [-0.3, -0.25) is 14.4 Å². The molecule has 0 aliphatic carbocycles. The second kappa shape index (κ2) is 11.0. The van der Waals surface area contributed by atoms with Gasteiger partial charge in [-0.2, -0.15) is 0 Å². The Morgan fingerprint density at radius 3 is 1.66 bits per heavy atom. The van der Waals surface area contributed by atoms with Gasteiger partial charge in [-0.15, -0.1) is 0 Å². The van der Waals surface area contributed by atoms with Crippen molar-refractivity contribution >= 4 is 17.9 Å². The van der Waals surface area contributed by atoms with Crippen molar-refractivity contribution in [3.05, 3.63) is 71.8 Å². The maximum absolute atomic E-state index is 12.7. The number of carbonyl (C=O) groups excluding carboxylic acids is 2. The maximum Gasteiger partial charge on any atom is 0.320 e. The summed E-state index contributed by atoms with van der Waals surface area (Å²) in [5.41, 5.74) is 7.12. The Kier molecular flexibility index (Phi) is 8.36. The van der Waals surface area contributed by atoms with Gasteiger partial charge >= 0.3 is 17.9 Å². The van der Waals surface area contributed by atoms with Crippen molar-refractivity contribution in [3.63, 3.8) is 0 Å². The SMILES string of the molecule is CC(C[C@H](N)C(=O)O)C(C(=O)OCc1ccccc1)C(=O)OCc1ccccc1. The Balaban J connectivity index is 2.07. The van der Waals surface area contributed by atoms with Crippen LogP contribution in [0.1, 0.15) is 24.5 Å². The fraction of sp³-hybridized carbons (Fsp3) is 0.318. The number of carboxylic acid groups (broad SMARTS) is 1. The molecule has 2 atom stereocenters. The van der Waals surface area contributed by atoms with E-state index in [9.17, 15) is 14.4 Å². The highest BCUT2D eigenvalue weighted by atomic mass is 16.6. The molecule has 0 saturated carbocycles. The summed E-state index contributed by atoms with van der Waals surface area (Å²) in [4.78, 5) is 36.4. The fourth-order valence-corrected chi connectivity index (χ4v) is 2.84. The third-order valence-corrected chi connectivity index (χ3v) is 4.47. The summed E-state index contributed by atoms with van der Waals surface area (Å²) in [6.45, 7) is 1.58. The largest absolute Gasteiger partial charge is 0.480 e. The molecule has 2 aromatic rings. The third-order valence-electron chi connectivity index (χ3n) is 4.47. The lowest BCUT2D eigenvalue weighted by molar-refractivity contribution is -0.167. The monoisotopic (exact) mass is 399 g/mol. The lowest BCUT2D eigenvalue weighted by Crippen LogP contribution is -2.39. The van der Waals surface area contributed by atoms with Gasteiger partial charge in [0.25, 0.3) is 0 Å². The lowest BCUT2D eigenvalue weighted by atomic mass is 9.88. The Labute approximate surface area is 169 Å². The van der Waals surface area contributed by atoms with E-state index < -0.39 is 35.8 Å².